The van der Waals surface area contributed by atoms with E-state index in [1.807, 2.05) is 16.3 Å². The molecule has 1 aromatic rings. The van der Waals surface area contributed by atoms with Crippen LogP contribution >= 0.6 is 23.7 Å². The highest BCUT2D eigenvalue weighted by Crippen LogP contribution is 2.08. The summed E-state index contributed by atoms with van der Waals surface area (Å²) in [6, 6.07) is 3.10. The highest BCUT2D eigenvalue weighted by Gasteiger charge is 2.23. The van der Waals surface area contributed by atoms with Gasteiger partial charge in [0.2, 0.25) is 5.91 Å². The van der Waals surface area contributed by atoms with Gasteiger partial charge in [-0.15, -0.1) is 23.7 Å². The Labute approximate surface area is 129 Å². The summed E-state index contributed by atoms with van der Waals surface area (Å²) < 4.78 is 0. The van der Waals surface area contributed by atoms with Gasteiger partial charge in [0.05, 0.1) is 4.88 Å². The van der Waals surface area contributed by atoms with E-state index in [1.165, 1.54) is 11.3 Å². The Morgan fingerprint density at radius 2 is 2.20 bits per heavy atom. The zero-order valence-corrected chi connectivity index (χ0v) is 13.1. The van der Waals surface area contributed by atoms with Crippen LogP contribution in [0, 0.1) is 0 Å². The van der Waals surface area contributed by atoms with Crippen LogP contribution in [0.4, 0.5) is 0 Å². The summed E-state index contributed by atoms with van der Waals surface area (Å²) in [5.74, 6) is -0.183. The first-order chi connectivity index (χ1) is 9.18. The second-order valence-corrected chi connectivity index (χ2v) is 5.55. The van der Waals surface area contributed by atoms with Crippen molar-refractivity contribution in [2.75, 3.05) is 26.2 Å². The van der Waals surface area contributed by atoms with Crippen LogP contribution in [0.3, 0.4) is 0 Å². The molecule has 0 spiro atoms. The van der Waals surface area contributed by atoms with Crippen molar-refractivity contribution in [2.24, 2.45) is 0 Å². The van der Waals surface area contributed by atoms with Gasteiger partial charge in [-0.2, -0.15) is 0 Å². The van der Waals surface area contributed by atoms with Crippen molar-refractivity contribution in [2.45, 2.75) is 19.4 Å². The largest absolute Gasteiger partial charge is 0.340 e. The second kappa shape index (κ2) is 8.24. The average Bonchev–Trinajstić information content (AvgIpc) is 2.81. The third-order valence-corrected chi connectivity index (χ3v) is 3.98. The molecule has 0 bridgehead atoms. The molecule has 1 aromatic heterocycles. The van der Waals surface area contributed by atoms with E-state index < -0.39 is 6.04 Å². The molecule has 1 fully saturated rings. The summed E-state index contributed by atoms with van der Waals surface area (Å²) in [6.07, 6.45) is 0.956. The molecule has 7 heteroatoms. The van der Waals surface area contributed by atoms with Crippen LogP contribution in [0.1, 0.15) is 23.0 Å². The van der Waals surface area contributed by atoms with Crippen LogP contribution in [0.5, 0.6) is 0 Å². The van der Waals surface area contributed by atoms with Crippen molar-refractivity contribution < 1.29 is 9.59 Å². The number of nitrogens with one attached hydrogen (secondary N) is 2. The number of thiophene rings is 1. The Morgan fingerprint density at radius 1 is 1.40 bits per heavy atom. The molecule has 1 atom stereocenters. The fourth-order valence-corrected chi connectivity index (χ4v) is 2.70. The number of carbonyl (C=O) groups excluding carboxylic acids is 2. The maximum atomic E-state index is 12.2. The van der Waals surface area contributed by atoms with Crippen molar-refractivity contribution in [1.82, 2.24) is 15.5 Å². The van der Waals surface area contributed by atoms with E-state index in [4.69, 9.17) is 0 Å². The predicted octanol–water partition coefficient (Wildman–Crippen LogP) is 1.11. The van der Waals surface area contributed by atoms with Crippen LogP contribution < -0.4 is 10.6 Å². The molecule has 1 unspecified atom stereocenters. The van der Waals surface area contributed by atoms with Gasteiger partial charge in [0.1, 0.15) is 6.04 Å². The summed E-state index contributed by atoms with van der Waals surface area (Å²) in [5.41, 5.74) is 0. The van der Waals surface area contributed by atoms with Gasteiger partial charge in [-0.3, -0.25) is 9.59 Å². The number of nitrogens with zero attached hydrogens (tertiary/aromatic N) is 1. The zero-order chi connectivity index (χ0) is 13.7. The third kappa shape index (κ3) is 4.47. The minimum absolute atomic E-state index is 0. The Hall–Kier alpha value is -1.11. The summed E-state index contributed by atoms with van der Waals surface area (Å²) in [5, 5.41) is 7.86. The smallest absolute Gasteiger partial charge is 0.261 e. The summed E-state index contributed by atoms with van der Waals surface area (Å²) in [6.45, 7) is 4.96. The standard InChI is InChI=1S/C13H19N3O2S.ClH/c1-10(15-12(17)11-4-2-9-19-11)13(18)16-7-3-5-14-6-8-16;/h2,4,9-10,14H,3,5-8H2,1H3,(H,15,17);1H. The van der Waals surface area contributed by atoms with Gasteiger partial charge in [-0.25, -0.2) is 0 Å². The topological polar surface area (TPSA) is 61.4 Å². The summed E-state index contributed by atoms with van der Waals surface area (Å²) in [4.78, 5) is 26.6. The van der Waals surface area contributed by atoms with Crippen molar-refractivity contribution in [1.29, 1.82) is 0 Å². The quantitative estimate of drug-likeness (QED) is 0.878. The van der Waals surface area contributed by atoms with Gasteiger partial charge >= 0.3 is 0 Å². The molecule has 20 heavy (non-hydrogen) atoms. The van der Waals surface area contributed by atoms with Gasteiger partial charge in [-0.05, 0) is 31.3 Å². The maximum Gasteiger partial charge on any atom is 0.261 e. The van der Waals surface area contributed by atoms with Crippen LogP contribution in [-0.4, -0.2) is 48.9 Å². The molecule has 0 radical (unpaired) electrons. The molecular weight excluding hydrogens is 298 g/mol. The van der Waals surface area contributed by atoms with Crippen molar-refractivity contribution in [3.63, 3.8) is 0 Å². The molecule has 0 aliphatic carbocycles. The molecule has 0 aromatic carbocycles. The first-order valence-electron chi connectivity index (χ1n) is 6.52. The molecule has 5 nitrogen and oxygen atoms in total. The molecule has 1 saturated heterocycles. The highest BCUT2D eigenvalue weighted by atomic mass is 35.5. The van der Waals surface area contributed by atoms with E-state index in [2.05, 4.69) is 10.6 Å². The number of rotatable bonds is 3. The molecule has 2 N–H and O–H groups in total. The van der Waals surface area contributed by atoms with Gasteiger partial charge in [0.15, 0.2) is 0 Å². The molecule has 1 aliphatic heterocycles. The first-order valence-corrected chi connectivity index (χ1v) is 7.40. The van der Waals surface area contributed by atoms with Gasteiger partial charge < -0.3 is 15.5 Å². The van der Waals surface area contributed by atoms with E-state index in [0.717, 1.165) is 26.1 Å². The number of hydrogen-bond donors (Lipinski definition) is 2. The summed E-state index contributed by atoms with van der Waals surface area (Å²) >= 11 is 1.38. The third-order valence-electron chi connectivity index (χ3n) is 3.11. The normalized spacial score (nSPS) is 16.8. The second-order valence-electron chi connectivity index (χ2n) is 4.60. The first kappa shape index (κ1) is 16.9. The maximum absolute atomic E-state index is 12.2. The van der Waals surface area contributed by atoms with E-state index in [9.17, 15) is 9.59 Å². The SMILES string of the molecule is CC(NC(=O)c1cccs1)C(=O)N1CCCNCC1.Cl. The van der Waals surface area contributed by atoms with Gasteiger partial charge in [-0.1, -0.05) is 6.07 Å². The van der Waals surface area contributed by atoms with Crippen molar-refractivity contribution >= 4 is 35.6 Å². The Morgan fingerprint density at radius 3 is 2.90 bits per heavy atom. The minimum Gasteiger partial charge on any atom is -0.340 e. The van der Waals surface area contributed by atoms with Crippen LogP contribution in [-0.2, 0) is 4.79 Å². The highest BCUT2D eigenvalue weighted by molar-refractivity contribution is 7.12. The predicted molar refractivity (Wildman–Crippen MR) is 82.6 cm³/mol. The molecule has 1 aliphatic rings. The van der Waals surface area contributed by atoms with Crippen LogP contribution in [0.25, 0.3) is 0 Å². The lowest BCUT2D eigenvalue weighted by atomic mass is 10.2. The molecule has 0 saturated carbocycles. The van der Waals surface area contributed by atoms with Crippen molar-refractivity contribution in [3.8, 4) is 0 Å². The van der Waals surface area contributed by atoms with E-state index in [0.29, 0.717) is 11.4 Å². The average molecular weight is 318 g/mol. The molecule has 2 heterocycles. The zero-order valence-electron chi connectivity index (χ0n) is 11.4. The van der Waals surface area contributed by atoms with E-state index in [-0.39, 0.29) is 24.2 Å². The summed E-state index contributed by atoms with van der Waals surface area (Å²) in [7, 11) is 0. The lowest BCUT2D eigenvalue weighted by Gasteiger charge is -2.24. The Bertz CT molecular complexity index is 431. The number of carbonyl (C=O) groups is 2. The lowest BCUT2D eigenvalue weighted by Crippen LogP contribution is -2.47. The van der Waals surface area contributed by atoms with Crippen LogP contribution in [0.2, 0.25) is 0 Å². The monoisotopic (exact) mass is 317 g/mol. The molecule has 2 amide bonds. The minimum atomic E-state index is -0.479. The molecular formula is C13H20ClN3O2S. The molecule has 112 valence electrons. The Kier molecular flexibility index (Phi) is 6.98. The van der Waals surface area contributed by atoms with Crippen molar-refractivity contribution in [3.05, 3.63) is 22.4 Å². The van der Waals surface area contributed by atoms with Gasteiger partial charge in [0.25, 0.3) is 5.91 Å². The number of amides is 2. The van der Waals surface area contributed by atoms with Crippen LogP contribution in [0.15, 0.2) is 17.5 Å². The fourth-order valence-electron chi connectivity index (χ4n) is 2.08. The number of hydrogen-bond acceptors (Lipinski definition) is 4. The Balaban J connectivity index is 0.00000200. The number of halogens is 1. The lowest BCUT2D eigenvalue weighted by molar-refractivity contribution is -0.132. The van der Waals surface area contributed by atoms with Gasteiger partial charge in [0, 0.05) is 19.6 Å². The van der Waals surface area contributed by atoms with E-state index in [1.54, 1.807) is 13.0 Å². The van der Waals surface area contributed by atoms with E-state index >= 15 is 0 Å². The molecule has 2 rings (SSSR count). The fraction of sp³-hybridized carbons (Fsp3) is 0.538.